The lowest BCUT2D eigenvalue weighted by atomic mass is 10.0. The quantitative estimate of drug-likeness (QED) is 0.670. The summed E-state index contributed by atoms with van der Waals surface area (Å²) in [6.45, 7) is 2.09. The summed E-state index contributed by atoms with van der Waals surface area (Å²) in [5.74, 6) is 0. The van der Waals surface area contributed by atoms with Crippen LogP contribution in [-0.4, -0.2) is 7.05 Å². The second-order valence-electron chi connectivity index (χ2n) is 5.19. The van der Waals surface area contributed by atoms with Crippen LogP contribution in [0.15, 0.2) is 60.7 Å². The van der Waals surface area contributed by atoms with E-state index >= 15 is 0 Å². The molecule has 0 N–H and O–H groups in total. The van der Waals surface area contributed by atoms with Gasteiger partial charge in [-0.3, -0.25) is 0 Å². The van der Waals surface area contributed by atoms with E-state index in [0.717, 1.165) is 22.1 Å². The molecule has 0 unspecified atom stereocenters. The predicted molar refractivity (Wildman–Crippen MR) is 87.9 cm³/mol. The van der Waals surface area contributed by atoms with E-state index in [1.807, 2.05) is 30.3 Å². The molecule has 3 rings (SSSR count). The average Bonchev–Trinajstić information content (AvgIpc) is 2.53. The first kappa shape index (κ1) is 13.2. The van der Waals surface area contributed by atoms with Gasteiger partial charge in [0.05, 0.1) is 11.6 Å². The third kappa shape index (κ3) is 2.34. The molecule has 0 amide bonds. The van der Waals surface area contributed by atoms with Crippen molar-refractivity contribution in [1.82, 2.24) is 0 Å². The van der Waals surface area contributed by atoms with Crippen molar-refractivity contribution in [3.05, 3.63) is 71.8 Å². The van der Waals surface area contributed by atoms with Crippen molar-refractivity contribution in [2.45, 2.75) is 6.92 Å². The number of nitriles is 1. The van der Waals surface area contributed by atoms with Gasteiger partial charge >= 0.3 is 0 Å². The molecule has 102 valence electrons. The van der Waals surface area contributed by atoms with Crippen molar-refractivity contribution in [3.63, 3.8) is 0 Å². The Labute approximate surface area is 124 Å². The maximum atomic E-state index is 9.25. The van der Waals surface area contributed by atoms with E-state index in [4.69, 9.17) is 0 Å². The molecule has 3 aromatic rings. The molecule has 0 atom stereocenters. The number of rotatable bonds is 2. The number of anilines is 2. The Hall–Kier alpha value is -2.79. The van der Waals surface area contributed by atoms with Crippen LogP contribution < -0.4 is 4.90 Å². The van der Waals surface area contributed by atoms with Gasteiger partial charge in [-0.25, -0.2) is 0 Å². The van der Waals surface area contributed by atoms with E-state index in [1.54, 1.807) is 0 Å². The number of nitrogens with zero attached hydrogens (tertiary/aromatic N) is 2. The summed E-state index contributed by atoms with van der Waals surface area (Å²) in [5, 5.41) is 11.3. The summed E-state index contributed by atoms with van der Waals surface area (Å²) < 4.78 is 0. The number of hydrogen-bond donors (Lipinski definition) is 0. The van der Waals surface area contributed by atoms with Gasteiger partial charge in [-0.15, -0.1) is 0 Å². The normalized spacial score (nSPS) is 10.3. The van der Waals surface area contributed by atoms with Crippen LogP contribution in [0.3, 0.4) is 0 Å². The maximum Gasteiger partial charge on any atom is 0.0998 e. The van der Waals surface area contributed by atoms with Crippen LogP contribution in [0.1, 0.15) is 11.1 Å². The minimum atomic E-state index is 0.715. The van der Waals surface area contributed by atoms with Crippen molar-refractivity contribution in [2.75, 3.05) is 11.9 Å². The molecule has 0 fully saturated rings. The fourth-order valence-corrected chi connectivity index (χ4v) is 2.65. The molecule has 3 aromatic carbocycles. The Morgan fingerprint density at radius 3 is 2.38 bits per heavy atom. The standard InChI is InChI=1S/C19H16N2/c1-14-6-5-7-16(12-14)21(2)19-11-10-15(13-20)17-8-3-4-9-18(17)19/h3-12H,1-2H3. The molecule has 0 spiro atoms. The summed E-state index contributed by atoms with van der Waals surface area (Å²) in [7, 11) is 2.06. The first-order valence-electron chi connectivity index (χ1n) is 6.93. The van der Waals surface area contributed by atoms with E-state index < -0.39 is 0 Å². The number of aryl methyl sites for hydroxylation is 1. The average molecular weight is 272 g/mol. The van der Waals surface area contributed by atoms with Gasteiger partial charge in [-0.05, 0) is 36.8 Å². The summed E-state index contributed by atoms with van der Waals surface area (Å²) in [6.07, 6.45) is 0. The van der Waals surface area contributed by atoms with Gasteiger partial charge in [0.1, 0.15) is 0 Å². The lowest BCUT2D eigenvalue weighted by Crippen LogP contribution is -2.10. The SMILES string of the molecule is Cc1cccc(N(C)c2ccc(C#N)c3ccccc23)c1. The zero-order valence-corrected chi connectivity index (χ0v) is 12.2. The Morgan fingerprint density at radius 2 is 1.67 bits per heavy atom. The van der Waals surface area contributed by atoms with Crippen LogP contribution in [0.25, 0.3) is 10.8 Å². The summed E-state index contributed by atoms with van der Waals surface area (Å²) in [4.78, 5) is 2.16. The highest BCUT2D eigenvalue weighted by atomic mass is 15.1. The van der Waals surface area contributed by atoms with Gasteiger partial charge in [0.2, 0.25) is 0 Å². The number of benzene rings is 3. The van der Waals surface area contributed by atoms with Crippen molar-refractivity contribution in [2.24, 2.45) is 0 Å². The monoisotopic (exact) mass is 272 g/mol. The highest BCUT2D eigenvalue weighted by Gasteiger charge is 2.10. The molecule has 0 saturated carbocycles. The minimum Gasteiger partial charge on any atom is -0.344 e. The first-order chi connectivity index (χ1) is 10.2. The minimum absolute atomic E-state index is 0.715. The zero-order valence-electron chi connectivity index (χ0n) is 12.2. The van der Waals surface area contributed by atoms with Crippen molar-refractivity contribution in [1.29, 1.82) is 5.26 Å². The van der Waals surface area contributed by atoms with Crippen molar-refractivity contribution < 1.29 is 0 Å². The van der Waals surface area contributed by atoms with Crippen LogP contribution in [0.4, 0.5) is 11.4 Å². The second kappa shape index (κ2) is 5.30. The zero-order chi connectivity index (χ0) is 14.8. The van der Waals surface area contributed by atoms with E-state index in [2.05, 4.69) is 55.3 Å². The summed E-state index contributed by atoms with van der Waals surface area (Å²) in [5.41, 5.74) is 4.20. The Bertz CT molecular complexity index is 844. The summed E-state index contributed by atoms with van der Waals surface area (Å²) in [6, 6.07) is 22.6. The highest BCUT2D eigenvalue weighted by molar-refractivity contribution is 5.99. The topological polar surface area (TPSA) is 27.0 Å². The molecular formula is C19H16N2. The Balaban J connectivity index is 2.19. The third-order valence-corrected chi connectivity index (χ3v) is 3.77. The van der Waals surface area contributed by atoms with E-state index in [-0.39, 0.29) is 0 Å². The van der Waals surface area contributed by atoms with Gasteiger partial charge < -0.3 is 4.90 Å². The molecule has 21 heavy (non-hydrogen) atoms. The fourth-order valence-electron chi connectivity index (χ4n) is 2.65. The van der Waals surface area contributed by atoms with Crippen LogP contribution in [0, 0.1) is 18.3 Å². The Kier molecular flexibility index (Phi) is 3.33. The first-order valence-corrected chi connectivity index (χ1v) is 6.93. The van der Waals surface area contributed by atoms with Crippen molar-refractivity contribution in [3.8, 4) is 6.07 Å². The van der Waals surface area contributed by atoms with Crippen LogP contribution >= 0.6 is 0 Å². The second-order valence-corrected chi connectivity index (χ2v) is 5.19. The van der Waals surface area contributed by atoms with Gasteiger partial charge in [0.25, 0.3) is 0 Å². The third-order valence-electron chi connectivity index (χ3n) is 3.77. The predicted octanol–water partition coefficient (Wildman–Crippen LogP) is 4.79. The molecule has 0 radical (unpaired) electrons. The van der Waals surface area contributed by atoms with Gasteiger partial charge in [0.15, 0.2) is 0 Å². The molecule has 2 heteroatoms. The fraction of sp³-hybridized carbons (Fsp3) is 0.105. The summed E-state index contributed by atoms with van der Waals surface area (Å²) >= 11 is 0. The molecule has 0 aromatic heterocycles. The molecule has 0 bridgehead atoms. The van der Waals surface area contributed by atoms with Crippen molar-refractivity contribution >= 4 is 22.1 Å². The van der Waals surface area contributed by atoms with Gasteiger partial charge in [0, 0.05) is 29.2 Å². The van der Waals surface area contributed by atoms with Crippen LogP contribution in [0.2, 0.25) is 0 Å². The maximum absolute atomic E-state index is 9.25. The lowest BCUT2D eigenvalue weighted by Gasteiger charge is -2.22. The number of fused-ring (bicyclic) bond motifs is 1. The van der Waals surface area contributed by atoms with E-state index in [0.29, 0.717) is 5.56 Å². The molecule has 0 aliphatic carbocycles. The van der Waals surface area contributed by atoms with E-state index in [9.17, 15) is 5.26 Å². The largest absolute Gasteiger partial charge is 0.344 e. The van der Waals surface area contributed by atoms with Gasteiger partial charge in [-0.2, -0.15) is 5.26 Å². The van der Waals surface area contributed by atoms with Gasteiger partial charge in [-0.1, -0.05) is 36.4 Å². The smallest absolute Gasteiger partial charge is 0.0998 e. The molecular weight excluding hydrogens is 256 g/mol. The van der Waals surface area contributed by atoms with Crippen LogP contribution in [-0.2, 0) is 0 Å². The van der Waals surface area contributed by atoms with E-state index in [1.165, 1.54) is 5.56 Å². The molecule has 0 saturated heterocycles. The molecule has 0 aliphatic heterocycles. The number of hydrogen-bond acceptors (Lipinski definition) is 2. The molecule has 0 heterocycles. The van der Waals surface area contributed by atoms with Crippen LogP contribution in [0.5, 0.6) is 0 Å². The molecule has 2 nitrogen and oxygen atoms in total. The highest BCUT2D eigenvalue weighted by Crippen LogP contribution is 2.32. The molecule has 0 aliphatic rings. The Morgan fingerprint density at radius 1 is 0.905 bits per heavy atom. The lowest BCUT2D eigenvalue weighted by molar-refractivity contribution is 1.21.